The molecule has 1 rings (SSSR count). The second kappa shape index (κ2) is 9.63. The minimum atomic E-state index is -1.18. The molecule has 1 aliphatic carbocycles. The summed E-state index contributed by atoms with van der Waals surface area (Å²) < 4.78 is 4.89. The van der Waals surface area contributed by atoms with Crippen LogP contribution in [0.1, 0.15) is 39.0 Å². The van der Waals surface area contributed by atoms with Crippen molar-refractivity contribution in [2.75, 3.05) is 6.61 Å². The minimum absolute atomic E-state index is 0.0828. The van der Waals surface area contributed by atoms with Crippen molar-refractivity contribution in [2.45, 2.75) is 70.8 Å². The van der Waals surface area contributed by atoms with Gasteiger partial charge in [0.2, 0.25) is 5.91 Å². The SMILES string of the molecule is [C-]#[N+]/C(=C\C1CCC(NC(=O)CC[Si](C)(C)C)CC1)C(=O)OCC. The lowest BCUT2D eigenvalue weighted by Crippen LogP contribution is -2.38. The third-order valence-electron chi connectivity index (χ3n) is 4.24. The zero-order chi connectivity index (χ0) is 18.2. The van der Waals surface area contributed by atoms with Crippen LogP contribution >= 0.6 is 0 Å². The number of carbonyl (C=O) groups excluding carboxylic acids is 2. The van der Waals surface area contributed by atoms with Crippen molar-refractivity contribution in [1.29, 1.82) is 0 Å². The van der Waals surface area contributed by atoms with Crippen molar-refractivity contribution in [3.8, 4) is 0 Å². The molecule has 0 unspecified atom stereocenters. The fourth-order valence-corrected chi connectivity index (χ4v) is 3.77. The molecule has 1 saturated carbocycles. The molecule has 0 bridgehead atoms. The summed E-state index contributed by atoms with van der Waals surface area (Å²) in [5.74, 6) is -0.160. The molecule has 0 atom stereocenters. The maximum absolute atomic E-state index is 12.0. The number of nitrogens with zero attached hydrogens (tertiary/aromatic N) is 1. The van der Waals surface area contributed by atoms with Gasteiger partial charge >= 0.3 is 5.97 Å². The summed E-state index contributed by atoms with van der Waals surface area (Å²) in [5, 5.41) is 3.13. The molecule has 6 heteroatoms. The summed E-state index contributed by atoms with van der Waals surface area (Å²) >= 11 is 0. The van der Waals surface area contributed by atoms with Crippen LogP contribution in [0.2, 0.25) is 25.7 Å². The Balaban J connectivity index is 2.42. The highest BCUT2D eigenvalue weighted by molar-refractivity contribution is 6.76. The van der Waals surface area contributed by atoms with Crippen LogP contribution in [0.25, 0.3) is 4.85 Å². The molecule has 0 aromatic rings. The van der Waals surface area contributed by atoms with Crippen LogP contribution in [-0.4, -0.2) is 32.6 Å². The number of carbonyl (C=O) groups is 2. The van der Waals surface area contributed by atoms with E-state index in [0.717, 1.165) is 31.7 Å². The second-order valence-electron chi connectivity index (χ2n) is 7.62. The highest BCUT2D eigenvalue weighted by Gasteiger charge is 2.23. The normalized spacial score (nSPS) is 21.7. The van der Waals surface area contributed by atoms with E-state index < -0.39 is 14.0 Å². The molecule has 0 heterocycles. The minimum Gasteiger partial charge on any atom is -0.471 e. The van der Waals surface area contributed by atoms with Crippen molar-refractivity contribution < 1.29 is 14.3 Å². The van der Waals surface area contributed by atoms with Gasteiger partial charge in [-0.25, -0.2) is 4.85 Å². The van der Waals surface area contributed by atoms with E-state index >= 15 is 0 Å². The van der Waals surface area contributed by atoms with Gasteiger partial charge in [0, 0.05) is 20.5 Å². The van der Waals surface area contributed by atoms with Gasteiger partial charge in [0.1, 0.15) is 0 Å². The van der Waals surface area contributed by atoms with E-state index in [0.29, 0.717) is 6.42 Å². The van der Waals surface area contributed by atoms with Crippen LogP contribution in [0.15, 0.2) is 11.8 Å². The van der Waals surface area contributed by atoms with Crippen molar-refractivity contribution in [2.24, 2.45) is 5.92 Å². The van der Waals surface area contributed by atoms with Crippen LogP contribution in [0, 0.1) is 12.5 Å². The number of amides is 1. The molecule has 1 N–H and O–H groups in total. The summed E-state index contributed by atoms with van der Waals surface area (Å²) in [4.78, 5) is 27.0. The molecule has 24 heavy (non-hydrogen) atoms. The largest absolute Gasteiger partial charge is 0.471 e. The Morgan fingerprint density at radius 1 is 1.25 bits per heavy atom. The number of esters is 1. The summed E-state index contributed by atoms with van der Waals surface area (Å²) in [6.07, 6.45) is 5.94. The molecule has 0 aliphatic heterocycles. The molecule has 0 aromatic carbocycles. The Labute approximate surface area is 146 Å². The Kier molecular flexibility index (Phi) is 8.20. The third-order valence-corrected chi connectivity index (χ3v) is 5.99. The van der Waals surface area contributed by atoms with Crippen molar-refractivity contribution >= 4 is 20.0 Å². The average Bonchev–Trinajstić information content (AvgIpc) is 2.51. The van der Waals surface area contributed by atoms with Crippen LogP contribution in [0.3, 0.4) is 0 Å². The van der Waals surface area contributed by atoms with Gasteiger partial charge in [0.25, 0.3) is 5.70 Å². The molecule has 0 saturated heterocycles. The van der Waals surface area contributed by atoms with E-state index in [9.17, 15) is 9.59 Å². The zero-order valence-corrected chi connectivity index (χ0v) is 16.4. The molecule has 5 nitrogen and oxygen atoms in total. The quantitative estimate of drug-likeness (QED) is 0.329. The number of ether oxygens (including phenoxy) is 1. The standard InChI is InChI=1S/C18H30N2O3Si/c1-6-23-18(22)16(19-2)13-14-7-9-15(10-8-14)20-17(21)11-12-24(3,4)5/h13-15H,6-12H2,1,3-5H3,(H,20,21)/b16-13-. The Morgan fingerprint density at radius 2 is 1.88 bits per heavy atom. The summed E-state index contributed by atoms with van der Waals surface area (Å²) in [6, 6.07) is 1.24. The first-order valence-corrected chi connectivity index (χ1v) is 12.5. The first-order chi connectivity index (χ1) is 11.2. The van der Waals surface area contributed by atoms with Gasteiger partial charge in [0.15, 0.2) is 0 Å². The first kappa shape index (κ1) is 20.4. The van der Waals surface area contributed by atoms with Crippen LogP contribution in [0.5, 0.6) is 0 Å². The van der Waals surface area contributed by atoms with Crippen molar-refractivity contribution in [3.05, 3.63) is 23.2 Å². The van der Waals surface area contributed by atoms with E-state index in [1.165, 1.54) is 0 Å². The van der Waals surface area contributed by atoms with E-state index in [4.69, 9.17) is 11.3 Å². The van der Waals surface area contributed by atoms with Crippen LogP contribution in [-0.2, 0) is 14.3 Å². The molecule has 134 valence electrons. The third kappa shape index (κ3) is 7.78. The number of hydrogen-bond acceptors (Lipinski definition) is 3. The Bertz CT molecular complexity index is 509. The van der Waals surface area contributed by atoms with Gasteiger partial charge in [-0.2, -0.15) is 0 Å². The summed E-state index contributed by atoms with van der Waals surface area (Å²) in [5.41, 5.74) is 0.0828. The average molecular weight is 351 g/mol. The smallest absolute Gasteiger partial charge is 0.335 e. The van der Waals surface area contributed by atoms with Gasteiger partial charge < -0.3 is 10.1 Å². The van der Waals surface area contributed by atoms with Crippen LogP contribution in [0.4, 0.5) is 0 Å². The predicted molar refractivity (Wildman–Crippen MR) is 98.0 cm³/mol. The Morgan fingerprint density at radius 3 is 2.38 bits per heavy atom. The molecule has 0 spiro atoms. The first-order valence-electron chi connectivity index (χ1n) is 8.81. The van der Waals surface area contributed by atoms with Gasteiger partial charge in [-0.1, -0.05) is 25.7 Å². The lowest BCUT2D eigenvalue weighted by molar-refractivity contribution is -0.138. The molecule has 1 amide bonds. The maximum Gasteiger partial charge on any atom is 0.335 e. The predicted octanol–water partition coefficient (Wildman–Crippen LogP) is 3.76. The molecule has 1 fully saturated rings. The summed E-state index contributed by atoms with van der Waals surface area (Å²) in [7, 11) is -1.18. The Hall–Kier alpha value is -1.61. The number of nitrogens with one attached hydrogen (secondary N) is 1. The van der Waals surface area contributed by atoms with Gasteiger partial charge in [-0.15, -0.1) is 0 Å². The van der Waals surface area contributed by atoms with E-state index in [1.54, 1.807) is 13.0 Å². The fourth-order valence-electron chi connectivity index (χ4n) is 2.80. The number of allylic oxidation sites excluding steroid dienone is 1. The van der Waals surface area contributed by atoms with E-state index in [-0.39, 0.29) is 30.2 Å². The van der Waals surface area contributed by atoms with Gasteiger partial charge in [-0.05, 0) is 44.6 Å². The topological polar surface area (TPSA) is 59.8 Å². The van der Waals surface area contributed by atoms with Crippen molar-refractivity contribution in [1.82, 2.24) is 5.32 Å². The lowest BCUT2D eigenvalue weighted by Gasteiger charge is -2.28. The van der Waals surface area contributed by atoms with E-state index in [1.807, 2.05) is 0 Å². The highest BCUT2D eigenvalue weighted by Crippen LogP contribution is 2.27. The maximum atomic E-state index is 12.0. The van der Waals surface area contributed by atoms with Crippen molar-refractivity contribution in [3.63, 3.8) is 0 Å². The zero-order valence-electron chi connectivity index (χ0n) is 15.4. The molecule has 1 aliphatic rings. The van der Waals surface area contributed by atoms with E-state index in [2.05, 4.69) is 29.8 Å². The second-order valence-corrected chi connectivity index (χ2v) is 13.2. The number of hydrogen-bond donors (Lipinski definition) is 1. The monoisotopic (exact) mass is 350 g/mol. The molecular formula is C18H30N2O3Si. The molecular weight excluding hydrogens is 320 g/mol. The van der Waals surface area contributed by atoms with Gasteiger partial charge in [-0.3, -0.25) is 9.59 Å². The molecule has 0 radical (unpaired) electrons. The van der Waals surface area contributed by atoms with Gasteiger partial charge in [0.05, 0.1) is 13.2 Å². The van der Waals surface area contributed by atoms with Crippen LogP contribution < -0.4 is 5.32 Å². The fraction of sp³-hybridized carbons (Fsp3) is 0.722. The lowest BCUT2D eigenvalue weighted by atomic mass is 9.85. The molecule has 0 aromatic heterocycles. The number of rotatable bonds is 7. The summed E-state index contributed by atoms with van der Waals surface area (Å²) in [6.45, 7) is 16.0. The highest BCUT2D eigenvalue weighted by atomic mass is 28.3.